The van der Waals surface area contributed by atoms with Crippen molar-refractivity contribution in [3.05, 3.63) is 29.8 Å². The Bertz CT molecular complexity index is 598. The largest absolute Gasteiger partial charge is 0.497 e. The predicted molar refractivity (Wildman–Crippen MR) is 126 cm³/mol. The molecule has 176 valence electrons. The van der Waals surface area contributed by atoms with Crippen molar-refractivity contribution in [3.63, 3.8) is 0 Å². The van der Waals surface area contributed by atoms with Gasteiger partial charge in [-0.1, -0.05) is 96.1 Å². The fraction of sp³-hybridized carbons (Fsp3) is 0.741. The molecule has 31 heavy (non-hydrogen) atoms. The lowest BCUT2D eigenvalue weighted by Gasteiger charge is -2.14. The molecule has 0 spiro atoms. The van der Waals surface area contributed by atoms with Gasteiger partial charge >= 0.3 is 5.97 Å². The van der Waals surface area contributed by atoms with Crippen LogP contribution in [0.25, 0.3) is 0 Å². The van der Waals surface area contributed by atoms with Gasteiger partial charge in [-0.15, -0.1) is 0 Å². The SMILES string of the molecule is CCCCCC[C@@H]1C[C@@H]1CCCCCCCC[C@H](OCc1ccc(OC)cc1)C(=O)O. The maximum Gasteiger partial charge on any atom is 0.332 e. The van der Waals surface area contributed by atoms with Crippen molar-refractivity contribution in [1.29, 1.82) is 0 Å². The third-order valence-corrected chi connectivity index (χ3v) is 6.67. The van der Waals surface area contributed by atoms with Crippen LogP contribution in [0, 0.1) is 11.8 Å². The Balaban J connectivity index is 1.45. The number of carbonyl (C=O) groups is 1. The number of rotatable bonds is 19. The molecule has 0 aromatic heterocycles. The fourth-order valence-corrected chi connectivity index (χ4v) is 4.49. The molecule has 1 fully saturated rings. The van der Waals surface area contributed by atoms with Gasteiger partial charge in [-0.3, -0.25) is 0 Å². The van der Waals surface area contributed by atoms with Crippen molar-refractivity contribution < 1.29 is 19.4 Å². The maximum absolute atomic E-state index is 11.5. The summed E-state index contributed by atoms with van der Waals surface area (Å²) >= 11 is 0. The second-order valence-electron chi connectivity index (χ2n) is 9.29. The summed E-state index contributed by atoms with van der Waals surface area (Å²) in [5.41, 5.74) is 0.964. The zero-order valence-corrected chi connectivity index (χ0v) is 19.8. The van der Waals surface area contributed by atoms with Gasteiger partial charge < -0.3 is 14.6 Å². The first-order valence-electron chi connectivity index (χ1n) is 12.6. The quantitative estimate of drug-likeness (QED) is 0.231. The van der Waals surface area contributed by atoms with Crippen LogP contribution in [0.3, 0.4) is 0 Å². The highest BCUT2D eigenvalue weighted by Gasteiger charge is 2.34. The lowest BCUT2D eigenvalue weighted by Crippen LogP contribution is -2.23. The standard InChI is InChI=1S/C27H44O4/c1-3-4-5-10-13-23-20-24(23)14-11-8-6-7-9-12-15-26(27(28)29)31-21-22-16-18-25(30-2)19-17-22/h16-19,23-24,26H,3-15,20-21H2,1-2H3,(H,28,29)/t23-,24+,26+/m1/s1. The van der Waals surface area contributed by atoms with Crippen molar-refractivity contribution in [2.24, 2.45) is 11.8 Å². The number of carboxylic acids is 1. The second kappa shape index (κ2) is 15.3. The first-order chi connectivity index (χ1) is 15.1. The van der Waals surface area contributed by atoms with Gasteiger partial charge in [-0.2, -0.15) is 0 Å². The number of methoxy groups -OCH3 is 1. The number of hydrogen-bond donors (Lipinski definition) is 1. The van der Waals surface area contributed by atoms with Crippen molar-refractivity contribution in [3.8, 4) is 5.75 Å². The Morgan fingerprint density at radius 3 is 2.10 bits per heavy atom. The molecule has 1 aliphatic rings. The van der Waals surface area contributed by atoms with E-state index < -0.39 is 12.1 Å². The van der Waals surface area contributed by atoms with E-state index >= 15 is 0 Å². The molecule has 1 aliphatic carbocycles. The van der Waals surface area contributed by atoms with Gasteiger partial charge in [0.1, 0.15) is 5.75 Å². The van der Waals surface area contributed by atoms with Crippen LogP contribution in [0.15, 0.2) is 24.3 Å². The van der Waals surface area contributed by atoms with Gasteiger partial charge in [0.2, 0.25) is 0 Å². The molecule has 0 aliphatic heterocycles. The summed E-state index contributed by atoms with van der Waals surface area (Å²) in [5, 5.41) is 9.42. The Morgan fingerprint density at radius 2 is 1.52 bits per heavy atom. The second-order valence-corrected chi connectivity index (χ2v) is 9.29. The van der Waals surface area contributed by atoms with E-state index in [4.69, 9.17) is 9.47 Å². The normalized spacial score (nSPS) is 18.6. The molecule has 0 amide bonds. The first-order valence-corrected chi connectivity index (χ1v) is 12.6. The van der Waals surface area contributed by atoms with Crippen LogP contribution >= 0.6 is 0 Å². The number of unbranched alkanes of at least 4 members (excludes halogenated alkanes) is 8. The van der Waals surface area contributed by atoms with Crippen LogP contribution in [0.4, 0.5) is 0 Å². The topological polar surface area (TPSA) is 55.8 Å². The molecular formula is C27H44O4. The average Bonchev–Trinajstić information content (AvgIpc) is 3.53. The molecule has 1 saturated carbocycles. The molecule has 0 unspecified atom stereocenters. The van der Waals surface area contributed by atoms with Crippen LogP contribution in [0.1, 0.15) is 102 Å². The smallest absolute Gasteiger partial charge is 0.332 e. The van der Waals surface area contributed by atoms with E-state index in [1.807, 2.05) is 24.3 Å². The molecule has 0 saturated heterocycles. The summed E-state index contributed by atoms with van der Waals surface area (Å²) < 4.78 is 10.8. The van der Waals surface area contributed by atoms with E-state index in [2.05, 4.69) is 6.92 Å². The highest BCUT2D eigenvalue weighted by Crippen LogP contribution is 2.45. The molecule has 4 nitrogen and oxygen atoms in total. The monoisotopic (exact) mass is 432 g/mol. The van der Waals surface area contributed by atoms with Crippen LogP contribution in [0.2, 0.25) is 0 Å². The number of aliphatic carboxylic acids is 1. The van der Waals surface area contributed by atoms with Crippen LogP contribution in [0.5, 0.6) is 5.75 Å². The molecule has 3 atom stereocenters. The zero-order chi connectivity index (χ0) is 22.3. The maximum atomic E-state index is 11.5. The Kier molecular flexibility index (Phi) is 12.7. The van der Waals surface area contributed by atoms with Gasteiger partial charge in [0, 0.05) is 0 Å². The van der Waals surface area contributed by atoms with Crippen molar-refractivity contribution in [1.82, 2.24) is 0 Å². The van der Waals surface area contributed by atoms with E-state index in [1.54, 1.807) is 7.11 Å². The Morgan fingerprint density at radius 1 is 0.935 bits per heavy atom. The number of hydrogen-bond acceptors (Lipinski definition) is 3. The fourth-order valence-electron chi connectivity index (χ4n) is 4.49. The molecule has 1 aromatic rings. The average molecular weight is 433 g/mol. The number of ether oxygens (including phenoxy) is 2. The minimum Gasteiger partial charge on any atom is -0.497 e. The van der Waals surface area contributed by atoms with E-state index in [-0.39, 0.29) is 0 Å². The van der Waals surface area contributed by atoms with Crippen molar-refractivity contribution in [2.45, 2.75) is 110 Å². The highest BCUT2D eigenvalue weighted by atomic mass is 16.5. The van der Waals surface area contributed by atoms with Crippen LogP contribution in [-0.4, -0.2) is 24.3 Å². The summed E-state index contributed by atoms with van der Waals surface area (Å²) in [4.78, 5) is 11.5. The minimum atomic E-state index is -0.859. The molecule has 0 radical (unpaired) electrons. The lowest BCUT2D eigenvalue weighted by molar-refractivity contribution is -0.151. The third kappa shape index (κ3) is 11.0. The zero-order valence-electron chi connectivity index (χ0n) is 19.8. The van der Waals surface area contributed by atoms with Crippen LogP contribution < -0.4 is 4.74 Å². The predicted octanol–water partition coefficient (Wildman–Crippen LogP) is 7.39. The number of carboxylic acid groups (broad SMARTS) is 1. The number of benzene rings is 1. The first kappa shape index (κ1) is 25.7. The summed E-state index contributed by atoms with van der Waals surface area (Å²) in [6, 6.07) is 7.55. The molecule has 4 heteroatoms. The Labute approximate surface area is 189 Å². The molecular weight excluding hydrogens is 388 g/mol. The molecule has 2 rings (SSSR count). The van der Waals surface area contributed by atoms with E-state index in [9.17, 15) is 9.90 Å². The van der Waals surface area contributed by atoms with Gasteiger partial charge in [0.15, 0.2) is 6.10 Å². The molecule has 1 aromatic carbocycles. The van der Waals surface area contributed by atoms with Crippen molar-refractivity contribution >= 4 is 5.97 Å². The molecule has 0 bridgehead atoms. The van der Waals surface area contributed by atoms with Crippen LogP contribution in [-0.2, 0) is 16.1 Å². The van der Waals surface area contributed by atoms with Crippen molar-refractivity contribution in [2.75, 3.05) is 7.11 Å². The third-order valence-electron chi connectivity index (χ3n) is 6.67. The van der Waals surface area contributed by atoms with Gasteiger partial charge in [0.05, 0.1) is 13.7 Å². The molecule has 0 heterocycles. The molecule has 1 N–H and O–H groups in total. The summed E-state index contributed by atoms with van der Waals surface area (Å²) in [6.45, 7) is 2.60. The lowest BCUT2D eigenvalue weighted by atomic mass is 10.0. The van der Waals surface area contributed by atoms with E-state index in [0.717, 1.165) is 36.0 Å². The highest BCUT2D eigenvalue weighted by molar-refractivity contribution is 5.72. The van der Waals surface area contributed by atoms with Gasteiger partial charge in [-0.25, -0.2) is 4.79 Å². The van der Waals surface area contributed by atoms with E-state index in [1.165, 1.54) is 70.6 Å². The summed E-state index contributed by atoms with van der Waals surface area (Å²) in [5.74, 6) is 2.00. The van der Waals surface area contributed by atoms with Gasteiger partial charge in [0.25, 0.3) is 0 Å². The summed E-state index contributed by atoms with van der Waals surface area (Å²) in [6.07, 6.45) is 17.1. The Hall–Kier alpha value is -1.55. The van der Waals surface area contributed by atoms with E-state index in [0.29, 0.717) is 13.0 Å². The minimum absolute atomic E-state index is 0.321. The summed E-state index contributed by atoms with van der Waals surface area (Å²) in [7, 11) is 1.63. The van der Waals surface area contributed by atoms with Gasteiger partial charge in [-0.05, 0) is 42.4 Å².